The van der Waals surface area contributed by atoms with E-state index in [0.717, 1.165) is 0 Å². The zero-order chi connectivity index (χ0) is 19.2. The Hall–Kier alpha value is -3.26. The maximum absolute atomic E-state index is 2.36. The number of benzene rings is 4. The molecule has 0 radical (unpaired) electrons. The molecule has 6 rings (SSSR count). The highest BCUT2D eigenvalue weighted by Gasteiger charge is 2.17. The molecule has 0 aliphatic heterocycles. The van der Waals surface area contributed by atoms with Gasteiger partial charge < -0.3 is 9.13 Å². The quantitative estimate of drug-likeness (QED) is 0.283. The molecule has 2 aromatic heterocycles. The molecular weight excluding hydrogens is 340 g/mol. The highest BCUT2D eigenvalue weighted by Crippen LogP contribution is 2.40. The molecule has 136 valence electrons. The molecule has 0 aliphatic carbocycles. The van der Waals surface area contributed by atoms with Crippen molar-refractivity contribution in [1.82, 2.24) is 9.13 Å². The highest BCUT2D eigenvalue weighted by atomic mass is 15.0. The van der Waals surface area contributed by atoms with Gasteiger partial charge in [0.25, 0.3) is 0 Å². The van der Waals surface area contributed by atoms with E-state index in [1.165, 1.54) is 65.5 Å². The number of aromatic nitrogens is 2. The molecule has 2 heteroatoms. The summed E-state index contributed by atoms with van der Waals surface area (Å²) >= 11 is 0. The summed E-state index contributed by atoms with van der Waals surface area (Å²) in [7, 11) is 4.39. The molecule has 0 unspecified atom stereocenters. The Kier molecular flexibility index (Phi) is 2.91. The van der Waals surface area contributed by atoms with Crippen LogP contribution in [0.2, 0.25) is 0 Å². The van der Waals surface area contributed by atoms with Gasteiger partial charge in [0, 0.05) is 57.4 Å². The van der Waals surface area contributed by atoms with Crippen LogP contribution in [0.3, 0.4) is 0 Å². The van der Waals surface area contributed by atoms with Gasteiger partial charge in [-0.2, -0.15) is 0 Å². The van der Waals surface area contributed by atoms with E-state index in [2.05, 4.69) is 97.7 Å². The van der Waals surface area contributed by atoms with Gasteiger partial charge in [-0.3, -0.25) is 0 Å². The van der Waals surface area contributed by atoms with Crippen LogP contribution in [0, 0.1) is 13.8 Å². The summed E-state index contributed by atoms with van der Waals surface area (Å²) in [4.78, 5) is 0. The first-order chi connectivity index (χ1) is 13.6. The number of fused-ring (bicyclic) bond motifs is 9. The fourth-order valence-corrected chi connectivity index (χ4v) is 5.31. The molecule has 0 spiro atoms. The second-order valence-electron chi connectivity index (χ2n) is 8.07. The van der Waals surface area contributed by atoms with E-state index in [1.807, 2.05) is 0 Å². The second-order valence-corrected chi connectivity index (χ2v) is 8.07. The van der Waals surface area contributed by atoms with Crippen LogP contribution >= 0.6 is 0 Å². The third-order valence-electron chi connectivity index (χ3n) is 6.58. The lowest BCUT2D eigenvalue weighted by molar-refractivity contribution is 1.01. The molecule has 2 nitrogen and oxygen atoms in total. The topological polar surface area (TPSA) is 9.86 Å². The Morgan fingerprint density at radius 1 is 0.500 bits per heavy atom. The average Bonchev–Trinajstić information content (AvgIpc) is 3.16. The summed E-state index contributed by atoms with van der Waals surface area (Å²) in [6.45, 7) is 4.42. The Bertz CT molecular complexity index is 1470. The van der Waals surface area contributed by atoms with Crippen LogP contribution < -0.4 is 0 Å². The van der Waals surface area contributed by atoms with Gasteiger partial charge in [0.1, 0.15) is 0 Å². The van der Waals surface area contributed by atoms with Crippen molar-refractivity contribution in [2.45, 2.75) is 13.8 Å². The van der Waals surface area contributed by atoms with Crippen LogP contribution in [0.5, 0.6) is 0 Å². The second kappa shape index (κ2) is 5.17. The van der Waals surface area contributed by atoms with Gasteiger partial charge >= 0.3 is 0 Å². The van der Waals surface area contributed by atoms with Gasteiger partial charge in [0.2, 0.25) is 0 Å². The van der Waals surface area contributed by atoms with Gasteiger partial charge in [0.05, 0.1) is 11.0 Å². The number of rotatable bonds is 0. The summed E-state index contributed by atoms with van der Waals surface area (Å²) in [6.07, 6.45) is 0. The van der Waals surface area contributed by atoms with E-state index in [9.17, 15) is 0 Å². The third kappa shape index (κ3) is 1.73. The first kappa shape index (κ1) is 15.8. The lowest BCUT2D eigenvalue weighted by Crippen LogP contribution is -1.90. The summed E-state index contributed by atoms with van der Waals surface area (Å²) in [6, 6.07) is 22.5. The van der Waals surface area contributed by atoms with Crippen molar-refractivity contribution in [2.75, 3.05) is 0 Å². The van der Waals surface area contributed by atoms with E-state index in [-0.39, 0.29) is 0 Å². The van der Waals surface area contributed by atoms with Gasteiger partial charge in [-0.25, -0.2) is 0 Å². The van der Waals surface area contributed by atoms with Crippen molar-refractivity contribution in [1.29, 1.82) is 0 Å². The van der Waals surface area contributed by atoms with E-state index in [4.69, 9.17) is 0 Å². The Balaban J connectivity index is 1.91. The minimum absolute atomic E-state index is 1.30. The van der Waals surface area contributed by atoms with Crippen LogP contribution in [0.25, 0.3) is 54.4 Å². The molecule has 0 bridgehead atoms. The van der Waals surface area contributed by atoms with Crippen molar-refractivity contribution in [3.8, 4) is 0 Å². The molecule has 0 N–H and O–H groups in total. The molecule has 28 heavy (non-hydrogen) atoms. The van der Waals surface area contributed by atoms with Crippen LogP contribution in [0.15, 0.2) is 60.7 Å². The smallest absolute Gasteiger partial charge is 0.0569 e. The van der Waals surface area contributed by atoms with E-state index in [0.29, 0.717) is 0 Å². The predicted molar refractivity (Wildman–Crippen MR) is 121 cm³/mol. The zero-order valence-electron chi connectivity index (χ0n) is 16.7. The number of hydrogen-bond acceptors (Lipinski definition) is 0. The summed E-state index contributed by atoms with van der Waals surface area (Å²) in [5.74, 6) is 0. The van der Waals surface area contributed by atoms with Crippen LogP contribution in [0.1, 0.15) is 11.1 Å². The zero-order valence-corrected chi connectivity index (χ0v) is 16.7. The van der Waals surface area contributed by atoms with Crippen molar-refractivity contribution < 1.29 is 0 Å². The van der Waals surface area contributed by atoms with Crippen molar-refractivity contribution in [3.05, 3.63) is 71.8 Å². The molecule has 0 saturated heterocycles. The first-order valence-corrected chi connectivity index (χ1v) is 9.85. The molecular formula is C26H22N2. The molecule has 0 aliphatic rings. The monoisotopic (exact) mass is 362 g/mol. The van der Waals surface area contributed by atoms with Gasteiger partial charge in [-0.15, -0.1) is 0 Å². The minimum atomic E-state index is 1.30. The normalized spacial score (nSPS) is 12.3. The minimum Gasteiger partial charge on any atom is -0.343 e. The SMILES string of the molecule is Cc1cccc2c1c1ccc3c(ccc4c5c(C)cccc5n(C)c34)c1n2C. The Morgan fingerprint density at radius 2 is 0.893 bits per heavy atom. The molecule has 6 aromatic rings. The van der Waals surface area contributed by atoms with E-state index >= 15 is 0 Å². The van der Waals surface area contributed by atoms with Crippen LogP contribution in [-0.4, -0.2) is 9.13 Å². The molecule has 0 amide bonds. The van der Waals surface area contributed by atoms with Crippen molar-refractivity contribution in [3.63, 3.8) is 0 Å². The van der Waals surface area contributed by atoms with Gasteiger partial charge in [-0.1, -0.05) is 48.5 Å². The Labute approximate surface area is 163 Å². The fourth-order valence-electron chi connectivity index (χ4n) is 5.31. The lowest BCUT2D eigenvalue weighted by atomic mass is 10.0. The van der Waals surface area contributed by atoms with E-state index in [1.54, 1.807) is 0 Å². The maximum atomic E-state index is 2.36. The Morgan fingerprint density at radius 3 is 1.32 bits per heavy atom. The van der Waals surface area contributed by atoms with Crippen LogP contribution in [-0.2, 0) is 14.1 Å². The third-order valence-corrected chi connectivity index (χ3v) is 6.58. The standard InChI is InChI=1S/C26H22N2/c1-15-7-5-9-21-23(15)19-13-11-18-17(25(19)27(21)3)12-14-20-24-16(2)8-6-10-22(24)28(4)26(18)20/h5-14H,1-4H3. The maximum Gasteiger partial charge on any atom is 0.0569 e. The molecule has 4 aromatic carbocycles. The number of aryl methyl sites for hydroxylation is 4. The molecule has 0 atom stereocenters. The largest absolute Gasteiger partial charge is 0.343 e. The lowest BCUT2D eigenvalue weighted by Gasteiger charge is -2.07. The van der Waals surface area contributed by atoms with E-state index < -0.39 is 0 Å². The fraction of sp³-hybridized carbons (Fsp3) is 0.154. The summed E-state index contributed by atoms with van der Waals surface area (Å²) in [5, 5.41) is 8.08. The summed E-state index contributed by atoms with van der Waals surface area (Å²) in [5.41, 5.74) is 7.93. The van der Waals surface area contributed by atoms with Gasteiger partial charge in [-0.05, 0) is 37.1 Å². The summed E-state index contributed by atoms with van der Waals surface area (Å²) < 4.78 is 4.72. The predicted octanol–water partition coefficient (Wildman–Crippen LogP) is 6.75. The van der Waals surface area contributed by atoms with Crippen LogP contribution in [0.4, 0.5) is 0 Å². The first-order valence-electron chi connectivity index (χ1n) is 9.85. The van der Waals surface area contributed by atoms with Crippen molar-refractivity contribution in [2.24, 2.45) is 14.1 Å². The molecule has 0 saturated carbocycles. The highest BCUT2D eigenvalue weighted by molar-refractivity contribution is 6.25. The molecule has 2 heterocycles. The number of hydrogen-bond donors (Lipinski definition) is 0. The molecule has 0 fully saturated rings. The average molecular weight is 362 g/mol. The number of nitrogens with zero attached hydrogens (tertiary/aromatic N) is 2. The van der Waals surface area contributed by atoms with Gasteiger partial charge in [0.15, 0.2) is 0 Å². The van der Waals surface area contributed by atoms with Crippen molar-refractivity contribution >= 4 is 54.4 Å².